The Kier molecular flexibility index (Phi) is 7.93. The van der Waals surface area contributed by atoms with Gasteiger partial charge >= 0.3 is 0 Å². The molecule has 0 saturated heterocycles. The largest absolute Gasteiger partial charge is 0.361 e. The van der Waals surface area contributed by atoms with Gasteiger partial charge in [-0.25, -0.2) is 15.0 Å². The SMILES string of the molecule is CCNC(=NCc1c(C)noc1C)NCc1ccnc(C)n1.I. The molecule has 2 rings (SSSR count). The van der Waals surface area contributed by atoms with Crippen LogP contribution in [-0.2, 0) is 13.1 Å². The van der Waals surface area contributed by atoms with E-state index in [9.17, 15) is 0 Å². The van der Waals surface area contributed by atoms with Gasteiger partial charge in [0, 0.05) is 18.3 Å². The van der Waals surface area contributed by atoms with Gasteiger partial charge in [-0.3, -0.25) is 0 Å². The molecule has 0 spiro atoms. The lowest BCUT2D eigenvalue weighted by atomic mass is 10.2. The second-order valence-electron chi connectivity index (χ2n) is 4.95. The van der Waals surface area contributed by atoms with Gasteiger partial charge in [0.2, 0.25) is 0 Å². The molecule has 7 nitrogen and oxygen atoms in total. The molecule has 2 aromatic rings. The van der Waals surface area contributed by atoms with Crippen molar-refractivity contribution in [2.75, 3.05) is 6.54 Å². The van der Waals surface area contributed by atoms with Crippen molar-refractivity contribution < 1.29 is 4.52 Å². The highest BCUT2D eigenvalue weighted by Crippen LogP contribution is 2.12. The zero-order chi connectivity index (χ0) is 15.9. The van der Waals surface area contributed by atoms with Crippen LogP contribution in [0.3, 0.4) is 0 Å². The number of aliphatic imine (C=N–C) groups is 1. The Hall–Kier alpha value is -1.71. The number of nitrogens with zero attached hydrogens (tertiary/aromatic N) is 4. The highest BCUT2D eigenvalue weighted by Gasteiger charge is 2.08. The predicted molar refractivity (Wildman–Crippen MR) is 99.8 cm³/mol. The number of aryl methyl sites for hydroxylation is 3. The molecule has 2 aromatic heterocycles. The summed E-state index contributed by atoms with van der Waals surface area (Å²) in [7, 11) is 0. The first-order valence-electron chi connectivity index (χ1n) is 7.32. The summed E-state index contributed by atoms with van der Waals surface area (Å²) < 4.78 is 5.15. The Bertz CT molecular complexity index is 636. The number of hydrogen-bond donors (Lipinski definition) is 2. The number of aromatic nitrogens is 3. The summed E-state index contributed by atoms with van der Waals surface area (Å²) in [5.74, 6) is 2.30. The summed E-state index contributed by atoms with van der Waals surface area (Å²) in [6, 6.07) is 1.89. The van der Waals surface area contributed by atoms with Crippen LogP contribution in [0.4, 0.5) is 0 Å². The zero-order valence-electron chi connectivity index (χ0n) is 13.9. The lowest BCUT2D eigenvalue weighted by Crippen LogP contribution is -2.37. The molecule has 0 fully saturated rings. The van der Waals surface area contributed by atoms with Gasteiger partial charge < -0.3 is 15.2 Å². The van der Waals surface area contributed by atoms with Crippen molar-refractivity contribution in [1.29, 1.82) is 0 Å². The first-order chi connectivity index (χ1) is 10.6. The van der Waals surface area contributed by atoms with Gasteiger partial charge in [-0.1, -0.05) is 5.16 Å². The van der Waals surface area contributed by atoms with E-state index < -0.39 is 0 Å². The molecule has 23 heavy (non-hydrogen) atoms. The lowest BCUT2D eigenvalue weighted by molar-refractivity contribution is 0.392. The van der Waals surface area contributed by atoms with Gasteiger partial charge in [0.15, 0.2) is 5.96 Å². The van der Waals surface area contributed by atoms with Crippen LogP contribution in [0, 0.1) is 20.8 Å². The molecule has 0 unspecified atom stereocenters. The highest BCUT2D eigenvalue weighted by molar-refractivity contribution is 14.0. The minimum atomic E-state index is 0. The smallest absolute Gasteiger partial charge is 0.191 e. The van der Waals surface area contributed by atoms with Gasteiger partial charge in [0.1, 0.15) is 11.6 Å². The van der Waals surface area contributed by atoms with Crippen LogP contribution < -0.4 is 10.6 Å². The number of rotatable bonds is 5. The molecule has 0 aromatic carbocycles. The third kappa shape index (κ3) is 5.77. The van der Waals surface area contributed by atoms with Crippen LogP contribution >= 0.6 is 24.0 Å². The molecule has 0 radical (unpaired) electrons. The minimum absolute atomic E-state index is 0. The van der Waals surface area contributed by atoms with E-state index in [1.807, 2.05) is 33.8 Å². The Balaban J connectivity index is 0.00000264. The van der Waals surface area contributed by atoms with E-state index >= 15 is 0 Å². The number of guanidine groups is 1. The van der Waals surface area contributed by atoms with Crippen LogP contribution in [0.5, 0.6) is 0 Å². The average molecular weight is 430 g/mol. The molecule has 0 aliphatic rings. The monoisotopic (exact) mass is 430 g/mol. The van der Waals surface area contributed by atoms with Crippen molar-refractivity contribution in [2.24, 2.45) is 4.99 Å². The molecule has 8 heteroatoms. The Labute approximate surface area is 153 Å². The minimum Gasteiger partial charge on any atom is -0.361 e. The molecule has 0 atom stereocenters. The van der Waals surface area contributed by atoms with E-state index in [0.29, 0.717) is 13.1 Å². The average Bonchev–Trinajstić information content (AvgIpc) is 2.81. The fourth-order valence-electron chi connectivity index (χ4n) is 2.01. The molecular formula is C15H23IN6O. The second kappa shape index (κ2) is 9.43. The van der Waals surface area contributed by atoms with Crippen LogP contribution in [0.25, 0.3) is 0 Å². The van der Waals surface area contributed by atoms with Crippen LogP contribution in [0.1, 0.15) is 35.5 Å². The van der Waals surface area contributed by atoms with E-state index in [0.717, 1.165) is 41.0 Å². The maximum Gasteiger partial charge on any atom is 0.191 e. The van der Waals surface area contributed by atoms with Gasteiger partial charge in [0.05, 0.1) is 24.5 Å². The van der Waals surface area contributed by atoms with Crippen LogP contribution in [-0.4, -0.2) is 27.6 Å². The molecule has 0 aliphatic heterocycles. The van der Waals surface area contributed by atoms with Gasteiger partial charge in [0.25, 0.3) is 0 Å². The fourth-order valence-corrected chi connectivity index (χ4v) is 2.01. The fraction of sp³-hybridized carbons (Fsp3) is 0.467. The Morgan fingerprint density at radius 2 is 2.04 bits per heavy atom. The van der Waals surface area contributed by atoms with Gasteiger partial charge in [-0.05, 0) is 33.8 Å². The number of halogens is 1. The molecule has 2 heterocycles. The molecule has 2 N–H and O–H groups in total. The summed E-state index contributed by atoms with van der Waals surface area (Å²) in [5, 5.41) is 10.4. The number of nitrogens with one attached hydrogen (secondary N) is 2. The summed E-state index contributed by atoms with van der Waals surface area (Å²) in [6.07, 6.45) is 1.76. The maximum atomic E-state index is 5.15. The normalized spacial score (nSPS) is 11.0. The Morgan fingerprint density at radius 1 is 1.26 bits per heavy atom. The van der Waals surface area contributed by atoms with E-state index in [1.54, 1.807) is 6.20 Å². The molecular weight excluding hydrogens is 407 g/mol. The van der Waals surface area contributed by atoms with E-state index in [4.69, 9.17) is 4.52 Å². The molecule has 0 amide bonds. The summed E-state index contributed by atoms with van der Waals surface area (Å²) in [5.41, 5.74) is 2.83. The third-order valence-corrected chi connectivity index (χ3v) is 3.19. The standard InChI is InChI=1S/C15H22N6O.HI/c1-5-16-15(18-8-13-6-7-17-12(4)20-13)19-9-14-10(2)21-22-11(14)3;/h6-7H,5,8-9H2,1-4H3,(H2,16,18,19);1H. The second-order valence-corrected chi connectivity index (χ2v) is 4.95. The van der Waals surface area contributed by atoms with Crippen molar-refractivity contribution in [3.63, 3.8) is 0 Å². The van der Waals surface area contributed by atoms with Crippen LogP contribution in [0.2, 0.25) is 0 Å². The first kappa shape index (κ1) is 19.3. The van der Waals surface area contributed by atoms with Crippen molar-refractivity contribution >= 4 is 29.9 Å². The molecule has 0 aliphatic carbocycles. The summed E-state index contributed by atoms with van der Waals surface area (Å²) in [6.45, 7) is 9.63. The molecule has 0 bridgehead atoms. The Morgan fingerprint density at radius 3 is 2.65 bits per heavy atom. The third-order valence-electron chi connectivity index (χ3n) is 3.19. The van der Waals surface area contributed by atoms with E-state index in [-0.39, 0.29) is 24.0 Å². The number of hydrogen-bond acceptors (Lipinski definition) is 5. The summed E-state index contributed by atoms with van der Waals surface area (Å²) >= 11 is 0. The lowest BCUT2D eigenvalue weighted by Gasteiger charge is -2.11. The van der Waals surface area contributed by atoms with E-state index in [1.165, 1.54) is 0 Å². The molecule has 126 valence electrons. The van der Waals surface area contributed by atoms with Crippen molar-refractivity contribution in [3.8, 4) is 0 Å². The topological polar surface area (TPSA) is 88.2 Å². The van der Waals surface area contributed by atoms with Crippen molar-refractivity contribution in [1.82, 2.24) is 25.8 Å². The first-order valence-corrected chi connectivity index (χ1v) is 7.32. The molecule has 0 saturated carbocycles. The van der Waals surface area contributed by atoms with Gasteiger partial charge in [-0.15, -0.1) is 24.0 Å². The predicted octanol–water partition coefficient (Wildman–Crippen LogP) is 2.26. The zero-order valence-corrected chi connectivity index (χ0v) is 16.2. The van der Waals surface area contributed by atoms with Gasteiger partial charge in [-0.2, -0.15) is 0 Å². The van der Waals surface area contributed by atoms with E-state index in [2.05, 4.69) is 30.8 Å². The van der Waals surface area contributed by atoms with Crippen molar-refractivity contribution in [2.45, 2.75) is 40.8 Å². The quantitative estimate of drug-likeness (QED) is 0.430. The van der Waals surface area contributed by atoms with Crippen molar-refractivity contribution in [3.05, 3.63) is 40.8 Å². The summed E-state index contributed by atoms with van der Waals surface area (Å²) in [4.78, 5) is 13.0. The highest BCUT2D eigenvalue weighted by atomic mass is 127. The van der Waals surface area contributed by atoms with Crippen LogP contribution in [0.15, 0.2) is 21.8 Å². The maximum absolute atomic E-state index is 5.15.